The summed E-state index contributed by atoms with van der Waals surface area (Å²) in [7, 11) is 0. The number of benzene rings is 2. The van der Waals surface area contributed by atoms with Gasteiger partial charge in [-0.25, -0.2) is 0 Å². The number of hydrogen-bond donors (Lipinski definition) is 2. The van der Waals surface area contributed by atoms with Gasteiger partial charge in [-0.2, -0.15) is 0 Å². The summed E-state index contributed by atoms with van der Waals surface area (Å²) in [5, 5.41) is 24.4. The predicted octanol–water partition coefficient (Wildman–Crippen LogP) is 0.965. The van der Waals surface area contributed by atoms with Gasteiger partial charge in [-0.1, -0.05) is 77.9 Å². The summed E-state index contributed by atoms with van der Waals surface area (Å²) in [4.78, 5) is 23.0. The topological polar surface area (TPSA) is 89.5 Å². The standard InChI is InChI=1S/C28H39NO4.Na/c1-27(2,3)22-17-21(18-23(26(22)33)28(4,5)6)11-13-24(30)29-16-15-20-9-7-19(8-10-20)12-14-25(31)32;/h7-10,17-18,33H,11-16H2,1-6H3,(H,29,30)(H,31,32);/q;+1/p-1. The molecule has 0 aliphatic rings. The molecule has 0 heterocycles. The smallest absolute Gasteiger partial charge is 0.550 e. The van der Waals surface area contributed by atoms with Crippen LogP contribution in [-0.2, 0) is 39.7 Å². The van der Waals surface area contributed by atoms with Gasteiger partial charge in [0.25, 0.3) is 0 Å². The third-order valence-electron chi connectivity index (χ3n) is 5.80. The zero-order chi connectivity index (χ0) is 24.8. The van der Waals surface area contributed by atoms with Crippen LogP contribution in [0.15, 0.2) is 36.4 Å². The number of phenolic OH excluding ortho intramolecular Hbond substituents is 1. The van der Waals surface area contributed by atoms with Gasteiger partial charge in [-0.15, -0.1) is 0 Å². The van der Waals surface area contributed by atoms with Crippen molar-refractivity contribution in [2.24, 2.45) is 0 Å². The minimum absolute atomic E-state index is 0. The van der Waals surface area contributed by atoms with Crippen LogP contribution >= 0.6 is 0 Å². The minimum Gasteiger partial charge on any atom is -0.550 e. The molecule has 5 nitrogen and oxygen atoms in total. The fourth-order valence-corrected chi connectivity index (χ4v) is 3.79. The second-order valence-corrected chi connectivity index (χ2v) is 10.8. The molecule has 180 valence electrons. The van der Waals surface area contributed by atoms with Crippen molar-refractivity contribution in [2.75, 3.05) is 6.54 Å². The normalized spacial score (nSPS) is 11.6. The van der Waals surface area contributed by atoms with Crippen molar-refractivity contribution in [1.82, 2.24) is 5.32 Å². The van der Waals surface area contributed by atoms with Crippen LogP contribution in [0.3, 0.4) is 0 Å². The van der Waals surface area contributed by atoms with E-state index in [1.54, 1.807) is 0 Å². The number of hydrogen-bond acceptors (Lipinski definition) is 4. The summed E-state index contributed by atoms with van der Waals surface area (Å²) in [5.74, 6) is -0.685. The van der Waals surface area contributed by atoms with Crippen LogP contribution in [0.25, 0.3) is 0 Å². The number of aryl methyl sites for hydroxylation is 2. The van der Waals surface area contributed by atoms with Crippen LogP contribution in [-0.4, -0.2) is 23.5 Å². The van der Waals surface area contributed by atoms with Crippen LogP contribution in [0, 0.1) is 0 Å². The van der Waals surface area contributed by atoms with Crippen molar-refractivity contribution in [3.05, 3.63) is 64.2 Å². The zero-order valence-electron chi connectivity index (χ0n) is 21.9. The number of carbonyl (C=O) groups excluding carboxylic acids is 2. The van der Waals surface area contributed by atoms with Crippen molar-refractivity contribution < 1.29 is 49.4 Å². The molecule has 0 spiro atoms. The molecule has 0 aliphatic heterocycles. The maximum Gasteiger partial charge on any atom is 1.00 e. The summed E-state index contributed by atoms with van der Waals surface area (Å²) in [6, 6.07) is 11.8. The summed E-state index contributed by atoms with van der Waals surface area (Å²) in [6.07, 6.45) is 2.20. The van der Waals surface area contributed by atoms with E-state index in [4.69, 9.17) is 0 Å². The third-order valence-corrected chi connectivity index (χ3v) is 5.80. The van der Waals surface area contributed by atoms with Gasteiger partial charge in [0.1, 0.15) is 5.75 Å². The molecule has 34 heavy (non-hydrogen) atoms. The van der Waals surface area contributed by atoms with Gasteiger partial charge < -0.3 is 20.3 Å². The molecule has 0 fully saturated rings. The molecule has 2 N–H and O–H groups in total. The van der Waals surface area contributed by atoms with Gasteiger partial charge in [-0.05, 0) is 64.3 Å². The first kappa shape index (κ1) is 30.2. The van der Waals surface area contributed by atoms with Crippen LogP contribution in [0.2, 0.25) is 0 Å². The fourth-order valence-electron chi connectivity index (χ4n) is 3.79. The Labute approximate surface area is 226 Å². The van der Waals surface area contributed by atoms with E-state index in [0.29, 0.717) is 38.0 Å². The van der Waals surface area contributed by atoms with Gasteiger partial charge in [0, 0.05) is 18.9 Å². The van der Waals surface area contributed by atoms with Gasteiger partial charge >= 0.3 is 29.6 Å². The quantitative estimate of drug-likeness (QED) is 0.529. The monoisotopic (exact) mass is 475 g/mol. The first-order valence-electron chi connectivity index (χ1n) is 11.7. The van der Waals surface area contributed by atoms with Crippen molar-refractivity contribution in [1.29, 1.82) is 0 Å². The molecule has 2 aromatic rings. The third kappa shape index (κ3) is 9.44. The molecule has 0 aromatic heterocycles. The maximum absolute atomic E-state index is 12.4. The predicted molar refractivity (Wildman–Crippen MR) is 130 cm³/mol. The van der Waals surface area contributed by atoms with E-state index in [1.165, 1.54) is 0 Å². The molecule has 0 saturated carbocycles. The largest absolute Gasteiger partial charge is 1.00 e. The molecule has 2 rings (SSSR count). The molecular formula is C28H38NNaO4. The Morgan fingerprint density at radius 2 is 1.24 bits per heavy atom. The van der Waals surface area contributed by atoms with Crippen molar-refractivity contribution >= 4 is 11.9 Å². The number of nitrogens with one attached hydrogen (secondary N) is 1. The molecule has 0 unspecified atom stereocenters. The first-order chi connectivity index (χ1) is 15.3. The van der Waals surface area contributed by atoms with Gasteiger partial charge in [-0.3, -0.25) is 4.79 Å². The zero-order valence-corrected chi connectivity index (χ0v) is 23.9. The molecule has 1 amide bonds. The van der Waals surface area contributed by atoms with Crippen molar-refractivity contribution in [3.8, 4) is 5.75 Å². The molecule has 0 aliphatic carbocycles. The number of aromatic hydroxyl groups is 1. The summed E-state index contributed by atoms with van der Waals surface area (Å²) in [6.45, 7) is 13.1. The molecule has 0 bridgehead atoms. The van der Waals surface area contributed by atoms with E-state index in [1.807, 2.05) is 36.4 Å². The van der Waals surface area contributed by atoms with E-state index >= 15 is 0 Å². The Morgan fingerprint density at radius 1 is 0.794 bits per heavy atom. The Hall–Kier alpha value is -1.82. The molecular weight excluding hydrogens is 437 g/mol. The second kappa shape index (κ2) is 12.8. The Kier molecular flexibility index (Phi) is 11.3. The number of aliphatic carboxylic acids is 1. The van der Waals surface area contributed by atoms with Crippen LogP contribution in [0.4, 0.5) is 0 Å². The first-order valence-corrected chi connectivity index (χ1v) is 11.7. The molecule has 0 atom stereocenters. The second-order valence-electron chi connectivity index (χ2n) is 10.8. The molecule has 2 aromatic carbocycles. The SMILES string of the molecule is CC(C)(C)c1cc(CCC(=O)NCCc2ccc(CCC(=O)[O-])cc2)cc(C(C)(C)C)c1O.[Na+]. The number of carboxylic acids is 1. The van der Waals surface area contributed by atoms with E-state index in [-0.39, 0.29) is 52.7 Å². The van der Waals surface area contributed by atoms with Gasteiger partial charge in [0.15, 0.2) is 0 Å². The summed E-state index contributed by atoms with van der Waals surface area (Å²) in [5.41, 5.74) is 4.55. The summed E-state index contributed by atoms with van der Waals surface area (Å²) < 4.78 is 0. The Balaban J connectivity index is 0.00000578. The van der Waals surface area contributed by atoms with Crippen LogP contribution < -0.4 is 40.0 Å². The molecule has 6 heteroatoms. The van der Waals surface area contributed by atoms with Crippen LogP contribution in [0.5, 0.6) is 5.75 Å². The Morgan fingerprint density at radius 3 is 1.68 bits per heavy atom. The number of carboxylic acid groups (broad SMARTS) is 1. The van der Waals surface area contributed by atoms with Crippen LogP contribution in [0.1, 0.15) is 82.2 Å². The van der Waals surface area contributed by atoms with Gasteiger partial charge in [0.2, 0.25) is 5.91 Å². The van der Waals surface area contributed by atoms with E-state index in [2.05, 4.69) is 46.9 Å². The van der Waals surface area contributed by atoms with E-state index < -0.39 is 5.97 Å². The van der Waals surface area contributed by atoms with Gasteiger partial charge in [0.05, 0.1) is 0 Å². The molecule has 0 radical (unpaired) electrons. The Bertz CT molecular complexity index is 934. The maximum atomic E-state index is 12.4. The number of amides is 1. The van der Waals surface area contributed by atoms with Crippen molar-refractivity contribution in [3.63, 3.8) is 0 Å². The van der Waals surface area contributed by atoms with Crippen molar-refractivity contribution in [2.45, 2.75) is 84.5 Å². The summed E-state index contributed by atoms with van der Waals surface area (Å²) >= 11 is 0. The van der Waals surface area contributed by atoms with E-state index in [9.17, 15) is 19.8 Å². The number of carbonyl (C=O) groups is 2. The number of phenols is 1. The average molecular weight is 476 g/mol. The minimum atomic E-state index is -1.04. The number of rotatable bonds is 9. The molecule has 0 saturated heterocycles. The fraction of sp³-hybridized carbons (Fsp3) is 0.500. The van der Waals surface area contributed by atoms with E-state index in [0.717, 1.165) is 27.8 Å². The average Bonchev–Trinajstić information content (AvgIpc) is 2.70.